The van der Waals surface area contributed by atoms with Gasteiger partial charge in [-0.15, -0.1) is 0 Å². The SMILES string of the molecule is CC1(C)C(N)=N[C@@]2(COCc3ccc(NC(=O)c4cnc(C(F)(F)F)cn4)cc32)CS1(=O)=O. The van der Waals surface area contributed by atoms with Crippen LogP contribution in [-0.4, -0.2) is 47.2 Å². The van der Waals surface area contributed by atoms with E-state index in [0.29, 0.717) is 17.3 Å². The van der Waals surface area contributed by atoms with Crippen molar-refractivity contribution >= 4 is 27.3 Å². The van der Waals surface area contributed by atoms with Crippen molar-refractivity contribution in [3.8, 4) is 0 Å². The lowest BCUT2D eigenvalue weighted by atomic mass is 9.86. The predicted molar refractivity (Wildman–Crippen MR) is 112 cm³/mol. The van der Waals surface area contributed by atoms with Gasteiger partial charge in [0, 0.05) is 5.69 Å². The van der Waals surface area contributed by atoms with Gasteiger partial charge in [0.1, 0.15) is 21.8 Å². The van der Waals surface area contributed by atoms with Crippen LogP contribution < -0.4 is 11.1 Å². The summed E-state index contributed by atoms with van der Waals surface area (Å²) in [6.07, 6.45) is -3.47. The maximum Gasteiger partial charge on any atom is 0.434 e. The normalized spacial score (nSPS) is 23.5. The van der Waals surface area contributed by atoms with Crippen LogP contribution in [0.4, 0.5) is 18.9 Å². The standard InChI is InChI=1S/C20H20F3N5O4S/c1-18(2)17(24)28-19(10-33(18,30)31)9-32-8-11-3-4-12(5-13(11)19)27-16(29)14-6-26-15(7-25-14)20(21,22)23/h3-7H,8-10H2,1-2H3,(H2,24,28)(H,27,29)/t19-/m0/s1. The Labute approximate surface area is 187 Å². The van der Waals surface area contributed by atoms with Crippen LogP contribution in [0, 0.1) is 0 Å². The first-order valence-electron chi connectivity index (χ1n) is 9.75. The van der Waals surface area contributed by atoms with Crippen molar-refractivity contribution in [2.75, 3.05) is 17.7 Å². The van der Waals surface area contributed by atoms with E-state index in [0.717, 1.165) is 6.20 Å². The molecule has 13 heteroatoms. The number of rotatable bonds is 2. The zero-order chi connectivity index (χ0) is 24.2. The summed E-state index contributed by atoms with van der Waals surface area (Å²) in [4.78, 5) is 23.8. The number of halogens is 3. The van der Waals surface area contributed by atoms with Gasteiger partial charge in [0.05, 0.1) is 31.4 Å². The zero-order valence-electron chi connectivity index (χ0n) is 17.6. The van der Waals surface area contributed by atoms with Gasteiger partial charge in [-0.2, -0.15) is 13.2 Å². The van der Waals surface area contributed by atoms with Gasteiger partial charge < -0.3 is 15.8 Å². The summed E-state index contributed by atoms with van der Waals surface area (Å²) in [5, 5.41) is 2.54. The quantitative estimate of drug-likeness (QED) is 0.667. The topological polar surface area (TPSA) is 137 Å². The third-order valence-corrected chi connectivity index (χ3v) is 8.42. The minimum Gasteiger partial charge on any atom is -0.386 e. The lowest BCUT2D eigenvalue weighted by molar-refractivity contribution is -0.141. The molecule has 2 aliphatic heterocycles. The number of aromatic nitrogens is 2. The van der Waals surface area contributed by atoms with Crippen LogP contribution in [0.5, 0.6) is 0 Å². The van der Waals surface area contributed by atoms with E-state index in [1.807, 2.05) is 0 Å². The van der Waals surface area contributed by atoms with Crippen molar-refractivity contribution < 1.29 is 31.1 Å². The van der Waals surface area contributed by atoms with Crippen LogP contribution in [-0.2, 0) is 32.9 Å². The van der Waals surface area contributed by atoms with E-state index in [-0.39, 0.29) is 36.2 Å². The average molecular weight is 483 g/mol. The first-order valence-corrected chi connectivity index (χ1v) is 11.4. The number of sulfone groups is 1. The summed E-state index contributed by atoms with van der Waals surface area (Å²) in [6.45, 7) is 3.17. The van der Waals surface area contributed by atoms with E-state index in [9.17, 15) is 26.4 Å². The Bertz CT molecular complexity index is 1260. The lowest BCUT2D eigenvalue weighted by Gasteiger charge is -2.42. The molecule has 0 unspecified atom stereocenters. The van der Waals surface area contributed by atoms with Crippen molar-refractivity contribution in [1.82, 2.24) is 9.97 Å². The second-order valence-electron chi connectivity index (χ2n) is 8.40. The summed E-state index contributed by atoms with van der Waals surface area (Å²) in [5.41, 5.74) is 4.72. The first-order chi connectivity index (χ1) is 15.3. The summed E-state index contributed by atoms with van der Waals surface area (Å²) in [5.74, 6) is -1.15. The molecular weight excluding hydrogens is 463 g/mol. The van der Waals surface area contributed by atoms with E-state index >= 15 is 0 Å². The van der Waals surface area contributed by atoms with Crippen LogP contribution in [0.25, 0.3) is 0 Å². The van der Waals surface area contributed by atoms with Gasteiger partial charge in [-0.05, 0) is 37.1 Å². The number of aliphatic imine (C=N–C) groups is 1. The number of anilines is 1. The molecule has 9 nitrogen and oxygen atoms in total. The number of carbonyl (C=O) groups excluding carboxylic acids is 1. The number of amidine groups is 1. The number of carbonyl (C=O) groups is 1. The van der Waals surface area contributed by atoms with Gasteiger partial charge in [-0.1, -0.05) is 6.07 Å². The second-order valence-corrected chi connectivity index (χ2v) is 10.9. The molecule has 0 saturated carbocycles. The smallest absolute Gasteiger partial charge is 0.386 e. The zero-order valence-corrected chi connectivity index (χ0v) is 18.4. The molecule has 176 valence electrons. The Morgan fingerprint density at radius 3 is 2.55 bits per heavy atom. The largest absolute Gasteiger partial charge is 0.434 e. The first kappa shape index (κ1) is 23.1. The Kier molecular flexibility index (Phi) is 5.24. The summed E-state index contributed by atoms with van der Waals surface area (Å²) < 4.78 is 68.2. The maximum atomic E-state index is 13.0. The number of ether oxygens (including phenoxy) is 1. The second kappa shape index (κ2) is 7.48. The average Bonchev–Trinajstić information content (AvgIpc) is 2.72. The third kappa shape index (κ3) is 3.95. The highest BCUT2D eigenvalue weighted by molar-refractivity contribution is 7.93. The molecule has 3 heterocycles. The van der Waals surface area contributed by atoms with Gasteiger partial charge in [0.25, 0.3) is 5.91 Å². The van der Waals surface area contributed by atoms with Crippen molar-refractivity contribution in [2.24, 2.45) is 10.7 Å². The molecule has 1 amide bonds. The molecule has 1 aromatic carbocycles. The van der Waals surface area contributed by atoms with Crippen molar-refractivity contribution in [3.63, 3.8) is 0 Å². The number of fused-ring (bicyclic) bond motifs is 2. The maximum absolute atomic E-state index is 13.0. The summed E-state index contributed by atoms with van der Waals surface area (Å²) in [7, 11) is -3.69. The third-order valence-electron chi connectivity index (χ3n) is 5.80. The van der Waals surface area contributed by atoms with Gasteiger partial charge >= 0.3 is 6.18 Å². The van der Waals surface area contributed by atoms with Crippen molar-refractivity contribution in [3.05, 3.63) is 53.1 Å². The molecule has 0 bridgehead atoms. The Morgan fingerprint density at radius 1 is 1.21 bits per heavy atom. The molecule has 2 aliphatic rings. The molecule has 0 fully saturated rings. The van der Waals surface area contributed by atoms with Crippen LogP contribution in [0.2, 0.25) is 0 Å². The number of alkyl halides is 3. The van der Waals surface area contributed by atoms with Crippen LogP contribution in [0.15, 0.2) is 35.6 Å². The molecule has 3 N–H and O–H groups in total. The number of amides is 1. The number of benzene rings is 1. The molecule has 0 saturated heterocycles. The van der Waals surface area contributed by atoms with Crippen molar-refractivity contribution in [2.45, 2.75) is 36.9 Å². The molecular formula is C20H20F3N5O4S. The summed E-state index contributed by atoms with van der Waals surface area (Å²) in [6, 6.07) is 4.78. The Balaban J connectivity index is 1.67. The molecule has 2 aromatic rings. The van der Waals surface area contributed by atoms with E-state index in [1.54, 1.807) is 18.2 Å². The number of nitrogens with one attached hydrogen (secondary N) is 1. The number of nitrogens with zero attached hydrogens (tertiary/aromatic N) is 3. The van der Waals surface area contributed by atoms with Crippen LogP contribution in [0.1, 0.15) is 41.2 Å². The molecule has 33 heavy (non-hydrogen) atoms. The van der Waals surface area contributed by atoms with Gasteiger partial charge in [0.15, 0.2) is 15.5 Å². The van der Waals surface area contributed by atoms with Gasteiger partial charge in [0.2, 0.25) is 0 Å². The predicted octanol–water partition coefficient (Wildman–Crippen LogP) is 2.04. The molecule has 4 rings (SSSR count). The fourth-order valence-corrected chi connectivity index (χ4v) is 5.33. The fourth-order valence-electron chi connectivity index (χ4n) is 3.67. The highest BCUT2D eigenvalue weighted by Gasteiger charge is 2.52. The number of hydrogen-bond acceptors (Lipinski definition) is 8. The minimum atomic E-state index is -4.67. The van der Waals surface area contributed by atoms with E-state index in [1.165, 1.54) is 13.8 Å². The lowest BCUT2D eigenvalue weighted by Crippen LogP contribution is -2.57. The van der Waals surface area contributed by atoms with Crippen LogP contribution >= 0.6 is 0 Å². The molecule has 0 aliphatic carbocycles. The highest BCUT2D eigenvalue weighted by atomic mass is 32.2. The van der Waals surface area contributed by atoms with Gasteiger partial charge in [-0.3, -0.25) is 9.79 Å². The highest BCUT2D eigenvalue weighted by Crippen LogP contribution is 2.42. The number of hydrogen-bond donors (Lipinski definition) is 2. The molecule has 0 radical (unpaired) electrons. The number of nitrogens with two attached hydrogens (primary N) is 1. The minimum absolute atomic E-state index is 0.0161. The fraction of sp³-hybridized carbons (Fsp3) is 0.400. The van der Waals surface area contributed by atoms with Gasteiger partial charge in [-0.25, -0.2) is 18.4 Å². The van der Waals surface area contributed by atoms with E-state index in [2.05, 4.69) is 20.3 Å². The Morgan fingerprint density at radius 2 is 1.94 bits per heavy atom. The van der Waals surface area contributed by atoms with Crippen molar-refractivity contribution in [1.29, 1.82) is 0 Å². The molecule has 1 atom stereocenters. The Hall–Kier alpha value is -3.06. The van der Waals surface area contributed by atoms with E-state index < -0.39 is 37.9 Å². The molecule has 1 spiro atoms. The van der Waals surface area contributed by atoms with E-state index in [4.69, 9.17) is 10.5 Å². The van der Waals surface area contributed by atoms with Crippen LogP contribution in [0.3, 0.4) is 0 Å². The molecule has 1 aromatic heterocycles. The monoisotopic (exact) mass is 483 g/mol. The summed E-state index contributed by atoms with van der Waals surface area (Å²) >= 11 is 0.